The Labute approximate surface area is 180 Å². The first kappa shape index (κ1) is 21.3. The predicted octanol–water partition coefficient (Wildman–Crippen LogP) is 3.13. The predicted molar refractivity (Wildman–Crippen MR) is 118 cm³/mol. The molecule has 4 rings (SSSR count). The van der Waals surface area contributed by atoms with Crippen LogP contribution in [0, 0.1) is 0 Å². The summed E-state index contributed by atoms with van der Waals surface area (Å²) in [6.45, 7) is 14.0. The van der Waals surface area contributed by atoms with Gasteiger partial charge in [-0.3, -0.25) is 9.80 Å². The van der Waals surface area contributed by atoms with E-state index in [-0.39, 0.29) is 0 Å². The molecule has 2 saturated heterocycles. The van der Waals surface area contributed by atoms with Crippen molar-refractivity contribution in [1.82, 2.24) is 24.9 Å². The van der Waals surface area contributed by atoms with Gasteiger partial charge in [0, 0.05) is 50.9 Å². The summed E-state index contributed by atoms with van der Waals surface area (Å²) in [6, 6.07) is 8.57. The van der Waals surface area contributed by atoms with Gasteiger partial charge < -0.3 is 14.1 Å². The third-order valence-electron chi connectivity index (χ3n) is 6.31. The molecule has 1 unspecified atom stereocenters. The summed E-state index contributed by atoms with van der Waals surface area (Å²) in [7, 11) is 0. The molecule has 0 aliphatic carbocycles. The molecular formula is C23H35N5O2. The molecule has 1 atom stereocenters. The molecule has 7 heteroatoms. The highest BCUT2D eigenvalue weighted by atomic mass is 16.5. The van der Waals surface area contributed by atoms with Gasteiger partial charge in [-0.05, 0) is 43.7 Å². The largest absolute Gasteiger partial charge is 0.494 e. The maximum Gasteiger partial charge on any atom is 0.247 e. The molecule has 164 valence electrons. The van der Waals surface area contributed by atoms with Crippen molar-refractivity contribution in [3.8, 4) is 17.2 Å². The summed E-state index contributed by atoms with van der Waals surface area (Å²) in [5.74, 6) is 2.16. The zero-order chi connectivity index (χ0) is 20.8. The van der Waals surface area contributed by atoms with E-state index in [1.165, 1.54) is 39.1 Å². The number of hydrogen-bond donors (Lipinski definition) is 0. The SMILES string of the molecule is CCCCOc1ccc(-c2nnc(CN3CCC(N4CCN(CC)CC4)C3)o2)cc1. The van der Waals surface area contributed by atoms with Crippen molar-refractivity contribution < 1.29 is 9.15 Å². The van der Waals surface area contributed by atoms with Crippen LogP contribution in [0.3, 0.4) is 0 Å². The lowest BCUT2D eigenvalue weighted by molar-refractivity contribution is 0.100. The molecular weight excluding hydrogens is 378 g/mol. The molecule has 0 radical (unpaired) electrons. The highest BCUT2D eigenvalue weighted by Gasteiger charge is 2.30. The Balaban J connectivity index is 1.27. The summed E-state index contributed by atoms with van der Waals surface area (Å²) < 4.78 is 11.7. The van der Waals surface area contributed by atoms with Crippen molar-refractivity contribution in [2.45, 2.75) is 45.7 Å². The van der Waals surface area contributed by atoms with Crippen molar-refractivity contribution in [2.24, 2.45) is 0 Å². The van der Waals surface area contributed by atoms with Crippen LogP contribution in [0.2, 0.25) is 0 Å². The Hall–Kier alpha value is -1.96. The van der Waals surface area contributed by atoms with E-state index in [0.717, 1.165) is 50.4 Å². The van der Waals surface area contributed by atoms with Gasteiger partial charge in [0.2, 0.25) is 11.8 Å². The molecule has 0 amide bonds. The maximum atomic E-state index is 5.95. The molecule has 30 heavy (non-hydrogen) atoms. The van der Waals surface area contributed by atoms with Crippen LogP contribution in [0.15, 0.2) is 28.7 Å². The number of likely N-dealkylation sites (N-methyl/N-ethyl adjacent to an activating group) is 1. The van der Waals surface area contributed by atoms with Gasteiger partial charge in [-0.1, -0.05) is 20.3 Å². The topological polar surface area (TPSA) is 57.9 Å². The number of ether oxygens (including phenoxy) is 1. The normalized spacial score (nSPS) is 21.3. The van der Waals surface area contributed by atoms with Gasteiger partial charge in [-0.2, -0.15) is 0 Å². The average molecular weight is 414 g/mol. The fourth-order valence-corrected chi connectivity index (χ4v) is 4.35. The molecule has 0 saturated carbocycles. The van der Waals surface area contributed by atoms with Crippen molar-refractivity contribution >= 4 is 0 Å². The zero-order valence-electron chi connectivity index (χ0n) is 18.4. The quantitative estimate of drug-likeness (QED) is 0.586. The number of likely N-dealkylation sites (tertiary alicyclic amines) is 1. The van der Waals surface area contributed by atoms with Gasteiger partial charge in [0.25, 0.3) is 0 Å². The second-order valence-corrected chi connectivity index (χ2v) is 8.38. The van der Waals surface area contributed by atoms with Crippen LogP contribution in [0.5, 0.6) is 5.75 Å². The number of nitrogens with zero attached hydrogens (tertiary/aromatic N) is 5. The van der Waals surface area contributed by atoms with Crippen molar-refractivity contribution in [2.75, 3.05) is 52.4 Å². The van der Waals surface area contributed by atoms with E-state index in [1.54, 1.807) is 0 Å². The molecule has 2 aliphatic heterocycles. The summed E-state index contributed by atoms with van der Waals surface area (Å²) in [6.07, 6.45) is 3.43. The number of aromatic nitrogens is 2. The lowest BCUT2D eigenvalue weighted by Crippen LogP contribution is -2.50. The van der Waals surface area contributed by atoms with Crippen LogP contribution in [0.1, 0.15) is 39.0 Å². The summed E-state index contributed by atoms with van der Waals surface area (Å²) >= 11 is 0. The molecule has 0 spiro atoms. The van der Waals surface area contributed by atoms with Crippen LogP contribution in [-0.2, 0) is 6.54 Å². The Kier molecular flexibility index (Phi) is 7.36. The first-order valence-electron chi connectivity index (χ1n) is 11.5. The second-order valence-electron chi connectivity index (χ2n) is 8.38. The number of piperazine rings is 1. The third-order valence-corrected chi connectivity index (χ3v) is 6.31. The van der Waals surface area contributed by atoms with E-state index in [9.17, 15) is 0 Å². The molecule has 2 fully saturated rings. The fourth-order valence-electron chi connectivity index (χ4n) is 4.35. The molecule has 2 aromatic rings. The molecule has 7 nitrogen and oxygen atoms in total. The zero-order valence-corrected chi connectivity index (χ0v) is 18.4. The van der Waals surface area contributed by atoms with Gasteiger partial charge in [0.15, 0.2) is 0 Å². The highest BCUT2D eigenvalue weighted by molar-refractivity contribution is 5.53. The lowest BCUT2D eigenvalue weighted by Gasteiger charge is -2.37. The minimum atomic E-state index is 0.580. The van der Waals surface area contributed by atoms with Crippen LogP contribution in [0.25, 0.3) is 11.5 Å². The Morgan fingerprint density at radius 1 is 1.00 bits per heavy atom. The standard InChI is InChI=1S/C23H35N5O2/c1-3-5-16-29-21-8-6-19(7-9-21)23-25-24-22(30-23)18-27-11-10-20(17-27)28-14-12-26(4-2)13-15-28/h6-9,20H,3-5,10-18H2,1-2H3. The maximum absolute atomic E-state index is 5.95. The first-order valence-corrected chi connectivity index (χ1v) is 11.5. The third kappa shape index (κ3) is 5.39. The van der Waals surface area contributed by atoms with E-state index in [1.807, 2.05) is 24.3 Å². The van der Waals surface area contributed by atoms with Gasteiger partial charge in [-0.15, -0.1) is 10.2 Å². The number of hydrogen-bond acceptors (Lipinski definition) is 7. The lowest BCUT2D eigenvalue weighted by atomic mass is 10.2. The molecule has 0 bridgehead atoms. The van der Waals surface area contributed by atoms with Gasteiger partial charge in [-0.25, -0.2) is 0 Å². The van der Waals surface area contributed by atoms with Crippen molar-refractivity contribution in [1.29, 1.82) is 0 Å². The average Bonchev–Trinajstić information content (AvgIpc) is 3.45. The molecule has 0 N–H and O–H groups in total. The minimum absolute atomic E-state index is 0.580. The van der Waals surface area contributed by atoms with E-state index in [0.29, 0.717) is 17.8 Å². The van der Waals surface area contributed by atoms with E-state index >= 15 is 0 Å². The van der Waals surface area contributed by atoms with Gasteiger partial charge >= 0.3 is 0 Å². The van der Waals surface area contributed by atoms with Gasteiger partial charge in [0.1, 0.15) is 5.75 Å². The highest BCUT2D eigenvalue weighted by Crippen LogP contribution is 2.23. The van der Waals surface area contributed by atoms with E-state index in [4.69, 9.17) is 9.15 Å². The Morgan fingerprint density at radius 3 is 2.53 bits per heavy atom. The number of benzene rings is 1. The summed E-state index contributed by atoms with van der Waals surface area (Å²) in [5, 5.41) is 8.55. The summed E-state index contributed by atoms with van der Waals surface area (Å²) in [4.78, 5) is 7.64. The number of unbranched alkanes of at least 4 members (excludes halogenated alkanes) is 1. The van der Waals surface area contributed by atoms with Crippen LogP contribution in [0.4, 0.5) is 0 Å². The minimum Gasteiger partial charge on any atom is -0.494 e. The molecule has 1 aromatic heterocycles. The smallest absolute Gasteiger partial charge is 0.247 e. The molecule has 3 heterocycles. The molecule has 1 aromatic carbocycles. The molecule has 2 aliphatic rings. The van der Waals surface area contributed by atoms with Gasteiger partial charge in [0.05, 0.1) is 13.2 Å². The van der Waals surface area contributed by atoms with E-state index in [2.05, 4.69) is 38.7 Å². The second kappa shape index (κ2) is 10.4. The van der Waals surface area contributed by atoms with Crippen molar-refractivity contribution in [3.05, 3.63) is 30.2 Å². The monoisotopic (exact) mass is 413 g/mol. The Morgan fingerprint density at radius 2 is 1.80 bits per heavy atom. The number of rotatable bonds is 9. The fraction of sp³-hybridized carbons (Fsp3) is 0.652. The van der Waals surface area contributed by atoms with Crippen LogP contribution < -0.4 is 4.74 Å². The Bertz CT molecular complexity index is 770. The van der Waals surface area contributed by atoms with Crippen molar-refractivity contribution in [3.63, 3.8) is 0 Å². The first-order chi connectivity index (χ1) is 14.7. The van der Waals surface area contributed by atoms with Crippen LogP contribution >= 0.6 is 0 Å². The van der Waals surface area contributed by atoms with Crippen LogP contribution in [-0.4, -0.2) is 83.4 Å². The summed E-state index contributed by atoms with van der Waals surface area (Å²) in [5.41, 5.74) is 0.935. The van der Waals surface area contributed by atoms with E-state index < -0.39 is 0 Å².